The fourth-order valence-corrected chi connectivity index (χ4v) is 2.47. The lowest BCUT2D eigenvalue weighted by Gasteiger charge is -2.12. The van der Waals surface area contributed by atoms with Gasteiger partial charge in [-0.2, -0.15) is 0 Å². The first-order valence-electron chi connectivity index (χ1n) is 5.51. The van der Waals surface area contributed by atoms with Gasteiger partial charge in [0.25, 0.3) is 0 Å². The smallest absolute Gasteiger partial charge is 0.129 e. The molecule has 0 aliphatic rings. The normalized spacial score (nSPS) is 12.5. The van der Waals surface area contributed by atoms with Crippen LogP contribution in [0.25, 0.3) is 0 Å². The van der Waals surface area contributed by atoms with Crippen molar-refractivity contribution >= 4 is 27.5 Å². The van der Waals surface area contributed by atoms with E-state index in [1.165, 1.54) is 24.3 Å². The molecular weight excluding hydrogens is 341 g/mol. The molecular formula is C14H9BrClF3. The second kappa shape index (κ2) is 5.97. The van der Waals surface area contributed by atoms with E-state index in [1.54, 1.807) is 0 Å². The molecule has 5 heteroatoms. The Labute approximate surface area is 122 Å². The van der Waals surface area contributed by atoms with E-state index in [0.29, 0.717) is 4.47 Å². The minimum atomic E-state index is -0.844. The van der Waals surface area contributed by atoms with Crippen molar-refractivity contribution in [3.05, 3.63) is 69.4 Å². The summed E-state index contributed by atoms with van der Waals surface area (Å²) in [7, 11) is 0. The summed E-state index contributed by atoms with van der Waals surface area (Å²) in [6.45, 7) is 0. The molecule has 19 heavy (non-hydrogen) atoms. The summed E-state index contributed by atoms with van der Waals surface area (Å²) in [6, 6.07) is 7.88. The topological polar surface area (TPSA) is 0 Å². The van der Waals surface area contributed by atoms with Crippen LogP contribution in [0.5, 0.6) is 0 Å². The highest BCUT2D eigenvalue weighted by molar-refractivity contribution is 9.10. The standard InChI is InChI=1S/C14H9BrClF3/c15-8-4-5-14(19)9(6-8)11(16)7-10-12(17)2-1-3-13(10)18/h1-6,11H,7H2. The van der Waals surface area contributed by atoms with Gasteiger partial charge >= 0.3 is 0 Å². The highest BCUT2D eigenvalue weighted by Crippen LogP contribution is 2.30. The maximum atomic E-state index is 13.6. The lowest BCUT2D eigenvalue weighted by molar-refractivity contribution is 0.548. The number of rotatable bonds is 3. The van der Waals surface area contributed by atoms with Gasteiger partial charge in [0.1, 0.15) is 17.5 Å². The molecule has 0 fully saturated rings. The van der Waals surface area contributed by atoms with Gasteiger partial charge in [-0.05, 0) is 36.8 Å². The first-order valence-corrected chi connectivity index (χ1v) is 6.74. The average molecular weight is 350 g/mol. The molecule has 0 saturated carbocycles. The molecule has 0 saturated heterocycles. The first kappa shape index (κ1) is 14.4. The fourth-order valence-electron chi connectivity index (χ4n) is 1.77. The van der Waals surface area contributed by atoms with Crippen molar-refractivity contribution < 1.29 is 13.2 Å². The monoisotopic (exact) mass is 348 g/mol. The zero-order chi connectivity index (χ0) is 14.0. The summed E-state index contributed by atoms with van der Waals surface area (Å²) in [5.74, 6) is -1.86. The molecule has 0 amide bonds. The summed E-state index contributed by atoms with van der Waals surface area (Å²) in [6.07, 6.45) is -0.118. The molecule has 2 aromatic carbocycles. The van der Waals surface area contributed by atoms with E-state index < -0.39 is 22.8 Å². The Bertz CT molecular complexity index is 581. The van der Waals surface area contributed by atoms with Crippen LogP contribution < -0.4 is 0 Å². The fraction of sp³-hybridized carbons (Fsp3) is 0.143. The molecule has 0 spiro atoms. The summed E-state index contributed by atoms with van der Waals surface area (Å²) < 4.78 is 41.3. The van der Waals surface area contributed by atoms with Gasteiger partial charge in [-0.3, -0.25) is 0 Å². The van der Waals surface area contributed by atoms with Gasteiger partial charge in [-0.1, -0.05) is 22.0 Å². The average Bonchev–Trinajstić information content (AvgIpc) is 2.37. The Morgan fingerprint density at radius 3 is 2.26 bits per heavy atom. The van der Waals surface area contributed by atoms with Gasteiger partial charge in [0.05, 0.1) is 5.38 Å². The molecule has 0 nitrogen and oxygen atoms in total. The molecule has 0 bridgehead atoms. The number of benzene rings is 2. The lowest BCUT2D eigenvalue weighted by atomic mass is 10.0. The minimum absolute atomic E-state index is 0.118. The van der Waals surface area contributed by atoms with Crippen LogP contribution in [0.1, 0.15) is 16.5 Å². The third kappa shape index (κ3) is 3.31. The third-order valence-electron chi connectivity index (χ3n) is 2.74. The largest absolute Gasteiger partial charge is 0.207 e. The molecule has 1 atom stereocenters. The van der Waals surface area contributed by atoms with Crippen LogP contribution in [0, 0.1) is 17.5 Å². The summed E-state index contributed by atoms with van der Waals surface area (Å²) in [5.41, 5.74) is 0.0700. The predicted octanol–water partition coefficient (Wildman–Crippen LogP) is 5.39. The second-order valence-corrected chi connectivity index (χ2v) is 5.48. The Morgan fingerprint density at radius 1 is 1.00 bits per heavy atom. The van der Waals surface area contributed by atoms with Crippen molar-refractivity contribution in [1.29, 1.82) is 0 Å². The van der Waals surface area contributed by atoms with Crippen molar-refractivity contribution in [1.82, 2.24) is 0 Å². The number of hydrogen-bond donors (Lipinski definition) is 0. The van der Waals surface area contributed by atoms with E-state index in [2.05, 4.69) is 15.9 Å². The number of hydrogen-bond acceptors (Lipinski definition) is 0. The Kier molecular flexibility index (Phi) is 4.53. The molecule has 2 aromatic rings. The SMILES string of the molecule is Fc1ccc(Br)cc1C(Cl)Cc1c(F)cccc1F. The van der Waals surface area contributed by atoms with Gasteiger partial charge in [0, 0.05) is 15.6 Å². The van der Waals surface area contributed by atoms with Crippen molar-refractivity contribution in [3.8, 4) is 0 Å². The van der Waals surface area contributed by atoms with E-state index in [0.717, 1.165) is 12.1 Å². The second-order valence-electron chi connectivity index (χ2n) is 4.04. The quantitative estimate of drug-likeness (QED) is 0.652. The van der Waals surface area contributed by atoms with Crippen LogP contribution in [0.4, 0.5) is 13.2 Å². The van der Waals surface area contributed by atoms with Gasteiger partial charge in [-0.25, -0.2) is 13.2 Å². The lowest BCUT2D eigenvalue weighted by Crippen LogP contribution is -2.03. The van der Waals surface area contributed by atoms with Crippen molar-refractivity contribution in [3.63, 3.8) is 0 Å². The molecule has 0 heterocycles. The van der Waals surface area contributed by atoms with Crippen molar-refractivity contribution in [2.45, 2.75) is 11.8 Å². The van der Waals surface area contributed by atoms with Gasteiger partial charge in [0.15, 0.2) is 0 Å². The Morgan fingerprint density at radius 2 is 1.63 bits per heavy atom. The molecule has 0 aliphatic heterocycles. The zero-order valence-corrected chi connectivity index (χ0v) is 12.0. The van der Waals surface area contributed by atoms with E-state index in [9.17, 15) is 13.2 Å². The van der Waals surface area contributed by atoms with Crippen LogP contribution in [-0.2, 0) is 6.42 Å². The van der Waals surface area contributed by atoms with Gasteiger partial charge < -0.3 is 0 Å². The van der Waals surface area contributed by atoms with Crippen LogP contribution in [0.3, 0.4) is 0 Å². The van der Waals surface area contributed by atoms with Crippen LogP contribution >= 0.6 is 27.5 Å². The Hall–Kier alpha value is -1.00. The predicted molar refractivity (Wildman–Crippen MR) is 72.8 cm³/mol. The number of halogens is 5. The number of alkyl halides is 1. The third-order valence-corrected chi connectivity index (χ3v) is 3.62. The first-order chi connectivity index (χ1) is 8.99. The molecule has 100 valence electrons. The molecule has 2 rings (SSSR count). The highest BCUT2D eigenvalue weighted by atomic mass is 79.9. The maximum Gasteiger partial charge on any atom is 0.129 e. The summed E-state index contributed by atoms with van der Waals surface area (Å²) in [5, 5.41) is -0.844. The molecule has 0 aliphatic carbocycles. The van der Waals surface area contributed by atoms with Gasteiger partial charge in [-0.15, -0.1) is 11.6 Å². The van der Waals surface area contributed by atoms with Crippen LogP contribution in [0.15, 0.2) is 40.9 Å². The molecule has 0 N–H and O–H groups in total. The molecule has 1 unspecified atom stereocenters. The van der Waals surface area contributed by atoms with E-state index >= 15 is 0 Å². The van der Waals surface area contributed by atoms with Crippen molar-refractivity contribution in [2.75, 3.05) is 0 Å². The maximum absolute atomic E-state index is 13.6. The van der Waals surface area contributed by atoms with E-state index in [1.807, 2.05) is 0 Å². The Balaban J connectivity index is 2.31. The van der Waals surface area contributed by atoms with E-state index in [4.69, 9.17) is 11.6 Å². The summed E-state index contributed by atoms with van der Waals surface area (Å²) >= 11 is 9.27. The summed E-state index contributed by atoms with van der Waals surface area (Å²) in [4.78, 5) is 0. The molecule has 0 radical (unpaired) electrons. The highest BCUT2D eigenvalue weighted by Gasteiger charge is 2.18. The zero-order valence-electron chi connectivity index (χ0n) is 9.64. The molecule has 0 aromatic heterocycles. The van der Waals surface area contributed by atoms with E-state index in [-0.39, 0.29) is 17.5 Å². The van der Waals surface area contributed by atoms with Gasteiger partial charge in [0.2, 0.25) is 0 Å². The minimum Gasteiger partial charge on any atom is -0.207 e. The van der Waals surface area contributed by atoms with Crippen molar-refractivity contribution in [2.24, 2.45) is 0 Å². The van der Waals surface area contributed by atoms with Crippen LogP contribution in [0.2, 0.25) is 0 Å². The van der Waals surface area contributed by atoms with Crippen LogP contribution in [-0.4, -0.2) is 0 Å².